The zero-order chi connectivity index (χ0) is 18.6. The van der Waals surface area contributed by atoms with Crippen molar-refractivity contribution in [3.63, 3.8) is 0 Å². The van der Waals surface area contributed by atoms with Crippen molar-refractivity contribution in [1.29, 1.82) is 0 Å². The van der Waals surface area contributed by atoms with Gasteiger partial charge in [0.25, 0.3) is 0 Å². The van der Waals surface area contributed by atoms with Gasteiger partial charge in [-0.05, 0) is 38.9 Å². The van der Waals surface area contributed by atoms with E-state index in [1.165, 1.54) is 12.0 Å². The molecular weight excluding hydrogens is 314 g/mol. The SMILES string of the molecule is COC(=O)[C@H](CN(C)C(=O)OC(C)(C)C)O[Si](C)(C)C(C)(C)C. The first-order valence-electron chi connectivity index (χ1n) is 7.80. The number of likely N-dealkylation sites (N-methyl/N-ethyl adjacent to an activating group) is 1. The number of methoxy groups -OCH3 is 1. The molecule has 0 bridgehead atoms. The summed E-state index contributed by atoms with van der Waals surface area (Å²) in [4.78, 5) is 25.5. The molecule has 0 saturated heterocycles. The van der Waals surface area contributed by atoms with Crippen LogP contribution in [0.2, 0.25) is 18.1 Å². The molecule has 23 heavy (non-hydrogen) atoms. The van der Waals surface area contributed by atoms with Crippen molar-refractivity contribution < 1.29 is 23.5 Å². The Hall–Kier alpha value is -1.08. The summed E-state index contributed by atoms with van der Waals surface area (Å²) in [7, 11) is 0.725. The van der Waals surface area contributed by atoms with Crippen molar-refractivity contribution in [3.8, 4) is 0 Å². The quantitative estimate of drug-likeness (QED) is 0.563. The van der Waals surface area contributed by atoms with Crippen LogP contribution in [0.3, 0.4) is 0 Å². The lowest BCUT2D eigenvalue weighted by molar-refractivity contribution is -0.150. The Morgan fingerprint density at radius 1 is 1.09 bits per heavy atom. The van der Waals surface area contributed by atoms with E-state index < -0.39 is 32.1 Å². The molecule has 0 aromatic carbocycles. The van der Waals surface area contributed by atoms with Crippen LogP contribution in [0.1, 0.15) is 41.5 Å². The van der Waals surface area contributed by atoms with Gasteiger partial charge in [0.15, 0.2) is 14.4 Å². The number of nitrogens with zero attached hydrogens (tertiary/aromatic N) is 1. The van der Waals surface area contributed by atoms with Gasteiger partial charge in [-0.2, -0.15) is 0 Å². The maximum absolute atomic E-state index is 12.1. The minimum atomic E-state index is -2.18. The van der Waals surface area contributed by atoms with Crippen LogP contribution in [-0.4, -0.2) is 57.7 Å². The monoisotopic (exact) mass is 347 g/mol. The molecule has 1 atom stereocenters. The highest BCUT2D eigenvalue weighted by Crippen LogP contribution is 2.37. The molecule has 0 unspecified atom stereocenters. The van der Waals surface area contributed by atoms with Crippen molar-refractivity contribution in [2.45, 2.75) is 71.4 Å². The lowest BCUT2D eigenvalue weighted by atomic mass is 10.2. The summed E-state index contributed by atoms with van der Waals surface area (Å²) in [5.41, 5.74) is -0.591. The van der Waals surface area contributed by atoms with E-state index in [0.717, 1.165) is 0 Å². The largest absolute Gasteiger partial charge is 0.467 e. The zero-order valence-corrected chi connectivity index (χ0v) is 17.3. The summed E-state index contributed by atoms with van der Waals surface area (Å²) in [5, 5.41) is -0.0518. The lowest BCUT2D eigenvalue weighted by Gasteiger charge is -2.39. The summed E-state index contributed by atoms with van der Waals surface area (Å²) in [5.74, 6) is -0.481. The van der Waals surface area contributed by atoms with E-state index in [9.17, 15) is 9.59 Å². The average molecular weight is 348 g/mol. The second-order valence-corrected chi connectivity index (χ2v) is 13.0. The third-order valence-electron chi connectivity index (χ3n) is 3.85. The van der Waals surface area contributed by atoms with Crippen LogP contribution >= 0.6 is 0 Å². The molecule has 0 aromatic heterocycles. The smallest absolute Gasteiger partial charge is 0.410 e. The van der Waals surface area contributed by atoms with Crippen LogP contribution in [0, 0.1) is 0 Å². The Kier molecular flexibility index (Phi) is 7.30. The number of ether oxygens (including phenoxy) is 2. The molecular formula is C16H33NO5Si. The highest BCUT2D eigenvalue weighted by atomic mass is 28.4. The van der Waals surface area contributed by atoms with Gasteiger partial charge in [-0.1, -0.05) is 20.8 Å². The van der Waals surface area contributed by atoms with Crippen LogP contribution in [0.25, 0.3) is 0 Å². The Morgan fingerprint density at radius 3 is 1.91 bits per heavy atom. The van der Waals surface area contributed by atoms with E-state index in [1.807, 2.05) is 0 Å². The molecule has 0 rings (SSSR count). The second-order valence-electron chi connectivity index (χ2n) is 8.25. The highest BCUT2D eigenvalue weighted by Gasteiger charge is 2.41. The Labute approximate surface area is 141 Å². The molecule has 7 heteroatoms. The molecule has 0 aliphatic heterocycles. The predicted molar refractivity (Wildman–Crippen MR) is 93.0 cm³/mol. The third kappa shape index (κ3) is 7.35. The van der Waals surface area contributed by atoms with Crippen LogP contribution < -0.4 is 0 Å². The second kappa shape index (κ2) is 7.66. The van der Waals surface area contributed by atoms with E-state index in [2.05, 4.69) is 33.9 Å². The van der Waals surface area contributed by atoms with Gasteiger partial charge in [-0.3, -0.25) is 0 Å². The van der Waals surface area contributed by atoms with E-state index in [1.54, 1.807) is 27.8 Å². The molecule has 0 aliphatic carbocycles. The Balaban J connectivity index is 5.08. The molecule has 1 amide bonds. The van der Waals surface area contributed by atoms with Gasteiger partial charge in [0.2, 0.25) is 0 Å². The molecule has 0 aliphatic rings. The van der Waals surface area contributed by atoms with Gasteiger partial charge in [0.05, 0.1) is 13.7 Å². The maximum atomic E-state index is 12.1. The number of carbonyl (C=O) groups excluding carboxylic acids is 2. The zero-order valence-electron chi connectivity index (χ0n) is 16.3. The standard InChI is InChI=1S/C16H33NO5Si/c1-15(2,3)21-14(19)17(7)11-12(13(18)20-8)22-23(9,10)16(4,5)6/h12H,11H2,1-10H3/t12-/m0/s1. The molecule has 136 valence electrons. The van der Waals surface area contributed by atoms with Crippen molar-refractivity contribution in [1.82, 2.24) is 4.90 Å². The number of hydrogen-bond donors (Lipinski definition) is 0. The van der Waals surface area contributed by atoms with Crippen molar-refractivity contribution in [3.05, 3.63) is 0 Å². The molecule has 0 N–H and O–H groups in total. The first-order valence-corrected chi connectivity index (χ1v) is 10.7. The summed E-state index contributed by atoms with van der Waals surface area (Å²) in [6.45, 7) is 15.8. The van der Waals surface area contributed by atoms with Crippen molar-refractivity contribution in [2.24, 2.45) is 0 Å². The van der Waals surface area contributed by atoms with Gasteiger partial charge in [-0.15, -0.1) is 0 Å². The van der Waals surface area contributed by atoms with Crippen LogP contribution in [-0.2, 0) is 18.7 Å². The molecule has 0 heterocycles. The fourth-order valence-corrected chi connectivity index (χ4v) is 2.72. The minimum absolute atomic E-state index is 0.0518. The number of hydrogen-bond acceptors (Lipinski definition) is 5. The van der Waals surface area contributed by atoms with E-state index in [0.29, 0.717) is 0 Å². The predicted octanol–water partition coefficient (Wildman–Crippen LogP) is 3.42. The summed E-state index contributed by atoms with van der Waals surface area (Å²) < 4.78 is 16.3. The average Bonchev–Trinajstić information content (AvgIpc) is 2.33. The van der Waals surface area contributed by atoms with E-state index in [-0.39, 0.29) is 11.6 Å². The first kappa shape index (κ1) is 21.9. The normalized spacial score (nSPS) is 14.2. The summed E-state index contributed by atoms with van der Waals surface area (Å²) >= 11 is 0. The fourth-order valence-electron chi connectivity index (χ4n) is 1.49. The summed E-state index contributed by atoms with van der Waals surface area (Å²) in [6.07, 6.45) is -1.32. The van der Waals surface area contributed by atoms with Gasteiger partial charge in [0.1, 0.15) is 5.60 Å². The molecule has 6 nitrogen and oxygen atoms in total. The number of amides is 1. The Morgan fingerprint density at radius 2 is 1.57 bits per heavy atom. The number of rotatable bonds is 5. The fraction of sp³-hybridized carbons (Fsp3) is 0.875. The van der Waals surface area contributed by atoms with Gasteiger partial charge < -0.3 is 18.8 Å². The minimum Gasteiger partial charge on any atom is -0.467 e. The summed E-state index contributed by atoms with van der Waals surface area (Å²) in [6, 6.07) is 0. The molecule has 0 spiro atoms. The van der Waals surface area contributed by atoms with Gasteiger partial charge >= 0.3 is 12.1 Å². The molecule has 0 radical (unpaired) electrons. The van der Waals surface area contributed by atoms with Crippen LogP contribution in [0.5, 0.6) is 0 Å². The highest BCUT2D eigenvalue weighted by molar-refractivity contribution is 6.74. The van der Waals surface area contributed by atoms with E-state index >= 15 is 0 Å². The van der Waals surface area contributed by atoms with E-state index in [4.69, 9.17) is 13.9 Å². The Bertz CT molecular complexity index is 423. The molecule has 0 fully saturated rings. The molecule has 0 aromatic rings. The topological polar surface area (TPSA) is 65.1 Å². The lowest BCUT2D eigenvalue weighted by Crippen LogP contribution is -2.50. The third-order valence-corrected chi connectivity index (χ3v) is 8.34. The van der Waals surface area contributed by atoms with Crippen LogP contribution in [0.4, 0.5) is 4.79 Å². The molecule has 0 saturated carbocycles. The number of carbonyl (C=O) groups is 2. The van der Waals surface area contributed by atoms with Crippen molar-refractivity contribution >= 4 is 20.4 Å². The maximum Gasteiger partial charge on any atom is 0.410 e. The first-order chi connectivity index (χ1) is 10.1. The van der Waals surface area contributed by atoms with Gasteiger partial charge in [0, 0.05) is 7.05 Å². The number of esters is 1. The van der Waals surface area contributed by atoms with Gasteiger partial charge in [-0.25, -0.2) is 9.59 Å². The van der Waals surface area contributed by atoms with Crippen LogP contribution in [0.15, 0.2) is 0 Å². The van der Waals surface area contributed by atoms with Crippen molar-refractivity contribution in [2.75, 3.05) is 20.7 Å².